The molecule has 2 N–H and O–H groups in total. The second-order valence-electron chi connectivity index (χ2n) is 9.67. The fourth-order valence-corrected chi connectivity index (χ4v) is 8.51. The van der Waals surface area contributed by atoms with Gasteiger partial charge in [-0.3, -0.25) is 9.69 Å². The molecule has 1 aromatic carbocycles. The van der Waals surface area contributed by atoms with Gasteiger partial charge in [-0.05, 0) is 37.0 Å². The Morgan fingerprint density at radius 2 is 1.76 bits per heavy atom. The van der Waals surface area contributed by atoms with Gasteiger partial charge in [0.05, 0.1) is 27.6 Å². The summed E-state index contributed by atoms with van der Waals surface area (Å²) in [5.41, 5.74) is 6.49. The minimum Gasteiger partial charge on any atom is -0.340 e. The summed E-state index contributed by atoms with van der Waals surface area (Å²) in [6.07, 6.45) is 5.76. The number of hydrogen-bond donors (Lipinski definition) is 1. The summed E-state index contributed by atoms with van der Waals surface area (Å²) >= 11 is 0. The van der Waals surface area contributed by atoms with E-state index in [1.807, 2.05) is 6.07 Å². The lowest BCUT2D eigenvalue weighted by molar-refractivity contribution is -0.137. The fourth-order valence-electron chi connectivity index (χ4n) is 5.47. The van der Waals surface area contributed by atoms with Crippen molar-refractivity contribution < 1.29 is 21.6 Å². The summed E-state index contributed by atoms with van der Waals surface area (Å²) in [6, 6.07) is 7.07. The summed E-state index contributed by atoms with van der Waals surface area (Å²) < 4.78 is 50.9. The molecule has 2 unspecified atom stereocenters. The van der Waals surface area contributed by atoms with Crippen molar-refractivity contribution in [2.24, 2.45) is 11.7 Å². The molecule has 2 heterocycles. The van der Waals surface area contributed by atoms with Crippen LogP contribution in [0.15, 0.2) is 29.2 Å². The lowest BCUT2D eigenvalue weighted by Crippen LogP contribution is -2.55. The van der Waals surface area contributed by atoms with E-state index in [-0.39, 0.29) is 48.4 Å². The van der Waals surface area contributed by atoms with Gasteiger partial charge in [0.2, 0.25) is 5.91 Å². The fraction of sp³-hybridized carbons (Fsp3) is 0.696. The van der Waals surface area contributed by atoms with Crippen molar-refractivity contribution >= 4 is 25.6 Å². The summed E-state index contributed by atoms with van der Waals surface area (Å²) in [6.45, 7) is 1.62. The zero-order valence-electron chi connectivity index (χ0n) is 19.1. The number of rotatable bonds is 5. The number of piperidine rings is 1. The van der Waals surface area contributed by atoms with E-state index in [0.29, 0.717) is 19.1 Å². The number of sulfone groups is 2. The summed E-state index contributed by atoms with van der Waals surface area (Å²) in [7, 11) is -6.74. The van der Waals surface area contributed by atoms with Crippen LogP contribution in [0, 0.1) is 5.92 Å². The van der Waals surface area contributed by atoms with E-state index in [4.69, 9.17) is 5.73 Å². The Hall–Kier alpha value is -1.49. The van der Waals surface area contributed by atoms with Crippen LogP contribution in [0.1, 0.15) is 44.1 Å². The number of amides is 1. The van der Waals surface area contributed by atoms with E-state index < -0.39 is 30.8 Å². The lowest BCUT2D eigenvalue weighted by atomic mass is 9.89. The van der Waals surface area contributed by atoms with Crippen LogP contribution in [0.3, 0.4) is 0 Å². The first-order valence-electron chi connectivity index (χ1n) is 12.0. The molecule has 3 fully saturated rings. The van der Waals surface area contributed by atoms with E-state index in [9.17, 15) is 21.6 Å². The number of benzene rings is 1. The van der Waals surface area contributed by atoms with Crippen LogP contribution in [0.5, 0.6) is 0 Å². The molecule has 2 aliphatic heterocycles. The largest absolute Gasteiger partial charge is 0.340 e. The quantitative estimate of drug-likeness (QED) is 0.649. The van der Waals surface area contributed by atoms with Crippen molar-refractivity contribution in [1.29, 1.82) is 0 Å². The Balaban J connectivity index is 1.58. The third-order valence-corrected chi connectivity index (χ3v) is 11.2. The van der Waals surface area contributed by atoms with Gasteiger partial charge in [0.25, 0.3) is 0 Å². The van der Waals surface area contributed by atoms with Gasteiger partial charge in [0.1, 0.15) is 0 Å². The first kappa shape index (κ1) is 24.6. The van der Waals surface area contributed by atoms with E-state index in [1.54, 1.807) is 23.1 Å². The van der Waals surface area contributed by atoms with Crippen molar-refractivity contribution in [2.45, 2.75) is 61.3 Å². The first-order valence-corrected chi connectivity index (χ1v) is 15.3. The molecule has 184 valence electrons. The monoisotopic (exact) mass is 497 g/mol. The number of likely N-dealkylation sites (tertiary alicyclic amines) is 1. The minimum absolute atomic E-state index is 0.0224. The second-order valence-corrected chi connectivity index (χ2v) is 14.2. The van der Waals surface area contributed by atoms with Crippen LogP contribution in [-0.2, 0) is 31.0 Å². The van der Waals surface area contributed by atoms with Crippen LogP contribution in [0.2, 0.25) is 0 Å². The highest BCUT2D eigenvalue weighted by Crippen LogP contribution is 2.33. The average molecular weight is 498 g/mol. The van der Waals surface area contributed by atoms with Crippen LogP contribution in [-0.4, -0.2) is 81.5 Å². The van der Waals surface area contributed by atoms with Crippen LogP contribution in [0.25, 0.3) is 0 Å². The molecule has 1 amide bonds. The molecule has 0 aromatic heterocycles. The molecule has 2 saturated heterocycles. The topological polar surface area (TPSA) is 118 Å². The SMILES string of the molecule is NCc1cccc(S(=O)(=O)C2CC(C(=O)N3CCS(=O)(=O)CC3)CN(C3CCCCC3)C2)c1. The Labute approximate surface area is 197 Å². The van der Waals surface area contributed by atoms with E-state index >= 15 is 0 Å². The van der Waals surface area contributed by atoms with Gasteiger partial charge in [-0.2, -0.15) is 0 Å². The van der Waals surface area contributed by atoms with Gasteiger partial charge in [0.15, 0.2) is 19.7 Å². The molecule has 3 aliphatic rings. The maximum Gasteiger partial charge on any atom is 0.227 e. The minimum atomic E-state index is -3.65. The van der Waals surface area contributed by atoms with Crippen molar-refractivity contribution in [1.82, 2.24) is 9.80 Å². The van der Waals surface area contributed by atoms with Crippen LogP contribution in [0.4, 0.5) is 0 Å². The van der Waals surface area contributed by atoms with Gasteiger partial charge in [-0.25, -0.2) is 16.8 Å². The average Bonchev–Trinajstić information content (AvgIpc) is 2.84. The van der Waals surface area contributed by atoms with Gasteiger partial charge in [-0.1, -0.05) is 31.4 Å². The Bertz CT molecular complexity index is 1050. The second kappa shape index (κ2) is 10.0. The molecule has 2 atom stereocenters. The third kappa shape index (κ3) is 5.61. The van der Waals surface area contributed by atoms with E-state index in [1.165, 1.54) is 6.42 Å². The molecule has 8 nitrogen and oxygen atoms in total. The maximum atomic E-state index is 13.6. The zero-order chi connectivity index (χ0) is 23.6. The highest BCUT2D eigenvalue weighted by atomic mass is 32.2. The zero-order valence-corrected chi connectivity index (χ0v) is 20.7. The number of carbonyl (C=O) groups is 1. The van der Waals surface area contributed by atoms with Gasteiger partial charge < -0.3 is 10.6 Å². The third-order valence-electron chi connectivity index (χ3n) is 7.44. The highest BCUT2D eigenvalue weighted by molar-refractivity contribution is 7.92. The predicted molar refractivity (Wildman–Crippen MR) is 127 cm³/mol. The molecular formula is C23H35N3O5S2. The Morgan fingerprint density at radius 1 is 1.06 bits per heavy atom. The molecular weight excluding hydrogens is 462 g/mol. The lowest BCUT2D eigenvalue weighted by Gasteiger charge is -2.43. The first-order chi connectivity index (χ1) is 15.7. The highest BCUT2D eigenvalue weighted by Gasteiger charge is 2.42. The molecule has 10 heteroatoms. The van der Waals surface area contributed by atoms with E-state index in [2.05, 4.69) is 4.90 Å². The van der Waals surface area contributed by atoms with Crippen molar-refractivity contribution in [3.05, 3.63) is 29.8 Å². The summed E-state index contributed by atoms with van der Waals surface area (Å²) in [5.74, 6) is -0.600. The number of hydrogen-bond acceptors (Lipinski definition) is 7. The standard InChI is InChI=1S/C23H35N3O5S2/c24-15-18-5-4-8-21(13-18)33(30,31)22-14-19(16-26(17-22)20-6-2-1-3-7-20)23(27)25-9-11-32(28,29)12-10-25/h4-5,8,13,19-20,22H,1-3,6-7,9-12,14-17,24H2. The molecule has 1 aliphatic carbocycles. The van der Waals surface area contributed by atoms with Crippen LogP contribution >= 0.6 is 0 Å². The van der Waals surface area contributed by atoms with E-state index in [0.717, 1.165) is 31.2 Å². The molecule has 4 rings (SSSR count). The predicted octanol–water partition coefficient (Wildman–Crippen LogP) is 1.20. The Morgan fingerprint density at radius 3 is 2.42 bits per heavy atom. The van der Waals surface area contributed by atoms with Crippen molar-refractivity contribution in [3.8, 4) is 0 Å². The molecule has 1 saturated carbocycles. The molecule has 0 radical (unpaired) electrons. The summed E-state index contributed by atoms with van der Waals surface area (Å²) in [4.78, 5) is 17.5. The van der Waals surface area contributed by atoms with Gasteiger partial charge in [0, 0.05) is 38.8 Å². The maximum absolute atomic E-state index is 13.6. The summed E-state index contributed by atoms with van der Waals surface area (Å²) in [5, 5.41) is -0.677. The molecule has 0 spiro atoms. The molecule has 33 heavy (non-hydrogen) atoms. The Kier molecular flexibility index (Phi) is 7.47. The number of nitrogens with two attached hydrogens (primary N) is 1. The van der Waals surface area contributed by atoms with Gasteiger partial charge in [-0.15, -0.1) is 0 Å². The van der Waals surface area contributed by atoms with Crippen LogP contribution < -0.4 is 5.73 Å². The number of carbonyl (C=O) groups excluding carboxylic acids is 1. The van der Waals surface area contributed by atoms with Gasteiger partial charge >= 0.3 is 0 Å². The molecule has 1 aromatic rings. The van der Waals surface area contributed by atoms with Crippen molar-refractivity contribution in [3.63, 3.8) is 0 Å². The normalized spacial score (nSPS) is 27.4. The molecule has 0 bridgehead atoms. The number of nitrogens with zero attached hydrogens (tertiary/aromatic N) is 2. The van der Waals surface area contributed by atoms with Crippen molar-refractivity contribution in [2.75, 3.05) is 37.7 Å². The smallest absolute Gasteiger partial charge is 0.227 e.